The highest BCUT2D eigenvalue weighted by Crippen LogP contribution is 2.45. The molecule has 6 heteroatoms. The average Bonchev–Trinajstić information content (AvgIpc) is 2.50. The van der Waals surface area contributed by atoms with Crippen molar-refractivity contribution in [2.75, 3.05) is 6.61 Å². The van der Waals surface area contributed by atoms with Crippen LogP contribution in [0.3, 0.4) is 0 Å². The number of carbonyl (C=O) groups is 2. The summed E-state index contributed by atoms with van der Waals surface area (Å²) >= 11 is 0. The summed E-state index contributed by atoms with van der Waals surface area (Å²) in [5, 5.41) is 2.32. The fourth-order valence-electron chi connectivity index (χ4n) is 3.17. The summed E-state index contributed by atoms with van der Waals surface area (Å²) in [5.74, 6) is 0.376. The molecule has 0 radical (unpaired) electrons. The zero-order valence-corrected chi connectivity index (χ0v) is 18.7. The van der Waals surface area contributed by atoms with Gasteiger partial charge in [0.15, 0.2) is 0 Å². The second kappa shape index (κ2) is 10.6. The molecule has 0 saturated heterocycles. The van der Waals surface area contributed by atoms with E-state index in [4.69, 9.17) is 9.47 Å². The third-order valence-electron chi connectivity index (χ3n) is 4.86. The highest BCUT2D eigenvalue weighted by atomic mass is 33.1. The molecule has 0 heterocycles. The maximum atomic E-state index is 11.6. The van der Waals surface area contributed by atoms with Gasteiger partial charge in [0, 0.05) is 13.8 Å². The Morgan fingerprint density at radius 1 is 1.12 bits per heavy atom. The van der Waals surface area contributed by atoms with Crippen molar-refractivity contribution in [2.24, 2.45) is 23.2 Å². The third kappa shape index (κ3) is 8.38. The standard InChI is InChI=1S/C20H34O4S2/c1-13-14(2)19(24-16(4)22)18(11-17(13)12-23-15(3)21)26-25-10-8-9-20(5,6)7/h8,10,13-14,17-19H,9,11-12H2,1-7H3/b10-8-. The number of allylic oxidation sites excluding steroid dienone is 1. The van der Waals surface area contributed by atoms with E-state index in [1.807, 2.05) is 0 Å². The summed E-state index contributed by atoms with van der Waals surface area (Å²) in [7, 11) is 3.45. The highest BCUT2D eigenvalue weighted by Gasteiger charge is 2.43. The number of esters is 2. The summed E-state index contributed by atoms with van der Waals surface area (Å²) in [6.45, 7) is 14.3. The van der Waals surface area contributed by atoms with Gasteiger partial charge in [-0.25, -0.2) is 0 Å². The first-order valence-corrected chi connectivity index (χ1v) is 11.6. The van der Waals surface area contributed by atoms with E-state index >= 15 is 0 Å². The van der Waals surface area contributed by atoms with E-state index in [0.717, 1.165) is 12.8 Å². The lowest BCUT2D eigenvalue weighted by atomic mass is 9.72. The molecule has 1 saturated carbocycles. The van der Waals surface area contributed by atoms with Gasteiger partial charge in [0.25, 0.3) is 0 Å². The van der Waals surface area contributed by atoms with Crippen LogP contribution < -0.4 is 0 Å². The van der Waals surface area contributed by atoms with Crippen molar-refractivity contribution in [1.29, 1.82) is 0 Å². The van der Waals surface area contributed by atoms with Crippen molar-refractivity contribution >= 4 is 33.5 Å². The SMILES string of the molecule is CC(=O)OCC1CC(SS/C=C\CC(C)(C)C)C(OC(C)=O)C(C)C1C. The summed E-state index contributed by atoms with van der Waals surface area (Å²) in [6, 6.07) is 0. The van der Waals surface area contributed by atoms with Gasteiger partial charge in [0.2, 0.25) is 0 Å². The van der Waals surface area contributed by atoms with Crippen LogP contribution in [0.5, 0.6) is 0 Å². The van der Waals surface area contributed by atoms with E-state index in [2.05, 4.69) is 46.1 Å². The number of hydrogen-bond donors (Lipinski definition) is 0. The normalized spacial score (nSPS) is 29.6. The second-order valence-electron chi connectivity index (χ2n) is 8.46. The van der Waals surface area contributed by atoms with E-state index in [1.165, 1.54) is 13.8 Å². The van der Waals surface area contributed by atoms with Crippen molar-refractivity contribution in [3.05, 3.63) is 11.5 Å². The molecule has 0 bridgehead atoms. The number of carbonyl (C=O) groups excluding carboxylic acids is 2. The molecule has 0 aromatic rings. The molecule has 5 unspecified atom stereocenters. The maximum absolute atomic E-state index is 11.6. The molecule has 1 aliphatic carbocycles. The number of hydrogen-bond acceptors (Lipinski definition) is 6. The predicted octanol–water partition coefficient (Wildman–Crippen LogP) is 5.47. The van der Waals surface area contributed by atoms with Crippen LogP contribution >= 0.6 is 21.6 Å². The minimum atomic E-state index is -0.240. The Labute approximate surface area is 166 Å². The molecule has 0 spiro atoms. The fraction of sp³-hybridized carbons (Fsp3) is 0.800. The first-order valence-electron chi connectivity index (χ1n) is 9.29. The molecule has 26 heavy (non-hydrogen) atoms. The molecule has 0 N–H and O–H groups in total. The van der Waals surface area contributed by atoms with Crippen LogP contribution in [-0.2, 0) is 19.1 Å². The summed E-state index contributed by atoms with van der Waals surface area (Å²) in [4.78, 5) is 22.8. The van der Waals surface area contributed by atoms with E-state index in [0.29, 0.717) is 12.5 Å². The van der Waals surface area contributed by atoms with E-state index in [9.17, 15) is 9.59 Å². The van der Waals surface area contributed by atoms with Crippen molar-refractivity contribution in [2.45, 2.75) is 72.7 Å². The summed E-state index contributed by atoms with van der Waals surface area (Å²) in [5.41, 5.74) is 0.284. The van der Waals surface area contributed by atoms with Gasteiger partial charge in [-0.2, -0.15) is 0 Å². The first-order chi connectivity index (χ1) is 12.0. The van der Waals surface area contributed by atoms with Crippen LogP contribution in [0.15, 0.2) is 11.5 Å². The third-order valence-corrected chi connectivity index (χ3v) is 7.39. The van der Waals surface area contributed by atoms with Gasteiger partial charge >= 0.3 is 11.9 Å². The quantitative estimate of drug-likeness (QED) is 0.415. The minimum Gasteiger partial charge on any atom is -0.466 e. The maximum Gasteiger partial charge on any atom is 0.302 e. The zero-order chi connectivity index (χ0) is 19.9. The Hall–Kier alpha value is -0.620. The topological polar surface area (TPSA) is 52.6 Å². The Kier molecular flexibility index (Phi) is 9.59. The molecule has 5 atom stereocenters. The Bertz CT molecular complexity index is 497. The monoisotopic (exact) mass is 402 g/mol. The molecule has 4 nitrogen and oxygen atoms in total. The summed E-state index contributed by atoms with van der Waals surface area (Å²) < 4.78 is 10.9. The molecule has 0 aromatic heterocycles. The first kappa shape index (κ1) is 23.4. The largest absolute Gasteiger partial charge is 0.466 e. The molecule has 1 fully saturated rings. The van der Waals surface area contributed by atoms with Gasteiger partial charge in [-0.3, -0.25) is 9.59 Å². The second-order valence-corrected chi connectivity index (χ2v) is 10.9. The van der Waals surface area contributed by atoms with Gasteiger partial charge in [-0.1, -0.05) is 62.3 Å². The van der Waals surface area contributed by atoms with Gasteiger partial charge in [0.1, 0.15) is 6.10 Å². The van der Waals surface area contributed by atoms with Crippen LogP contribution in [0.25, 0.3) is 0 Å². The zero-order valence-electron chi connectivity index (χ0n) is 17.1. The smallest absolute Gasteiger partial charge is 0.302 e. The molecular weight excluding hydrogens is 368 g/mol. The van der Waals surface area contributed by atoms with E-state index < -0.39 is 0 Å². The Morgan fingerprint density at radius 3 is 2.31 bits per heavy atom. The van der Waals surface area contributed by atoms with E-state index in [-0.39, 0.29) is 40.5 Å². The van der Waals surface area contributed by atoms with Crippen LogP contribution in [-0.4, -0.2) is 29.9 Å². The van der Waals surface area contributed by atoms with Gasteiger partial charge in [0.05, 0.1) is 11.9 Å². The number of rotatable bonds is 7. The lowest BCUT2D eigenvalue weighted by Gasteiger charge is -2.43. The van der Waals surface area contributed by atoms with Gasteiger partial charge in [-0.15, -0.1) is 0 Å². The van der Waals surface area contributed by atoms with Crippen LogP contribution in [0, 0.1) is 23.2 Å². The van der Waals surface area contributed by atoms with Crippen molar-refractivity contribution < 1.29 is 19.1 Å². The Morgan fingerprint density at radius 2 is 1.77 bits per heavy atom. The van der Waals surface area contributed by atoms with Gasteiger partial charge in [-0.05, 0) is 41.4 Å². The molecule has 0 amide bonds. The minimum absolute atomic E-state index is 0.107. The van der Waals surface area contributed by atoms with Crippen molar-refractivity contribution in [1.82, 2.24) is 0 Å². The average molecular weight is 403 g/mol. The van der Waals surface area contributed by atoms with E-state index in [1.54, 1.807) is 21.6 Å². The fourth-order valence-corrected chi connectivity index (χ4v) is 5.71. The summed E-state index contributed by atoms with van der Waals surface area (Å²) in [6.07, 6.45) is 4.00. The van der Waals surface area contributed by atoms with Crippen LogP contribution in [0.2, 0.25) is 0 Å². The molecule has 1 rings (SSSR count). The molecule has 0 aliphatic heterocycles. The molecule has 1 aliphatic rings. The van der Waals surface area contributed by atoms with Crippen molar-refractivity contribution in [3.63, 3.8) is 0 Å². The molecule has 150 valence electrons. The van der Waals surface area contributed by atoms with Crippen LogP contribution in [0.1, 0.15) is 61.3 Å². The van der Waals surface area contributed by atoms with Crippen LogP contribution in [0.4, 0.5) is 0 Å². The Balaban J connectivity index is 2.73. The lowest BCUT2D eigenvalue weighted by molar-refractivity contribution is -0.153. The van der Waals surface area contributed by atoms with Crippen molar-refractivity contribution in [3.8, 4) is 0 Å². The number of ether oxygens (including phenoxy) is 2. The molecule has 0 aromatic carbocycles. The lowest BCUT2D eigenvalue weighted by Crippen LogP contribution is -2.46. The van der Waals surface area contributed by atoms with Gasteiger partial charge < -0.3 is 9.47 Å². The highest BCUT2D eigenvalue weighted by molar-refractivity contribution is 8.78. The predicted molar refractivity (Wildman–Crippen MR) is 111 cm³/mol. The molecular formula is C20H34O4S2.